The van der Waals surface area contributed by atoms with E-state index < -0.39 is 8.25 Å². The van der Waals surface area contributed by atoms with Gasteiger partial charge in [0.05, 0.1) is 6.10 Å². The van der Waals surface area contributed by atoms with Crippen molar-refractivity contribution in [2.75, 3.05) is 7.11 Å². The van der Waals surface area contributed by atoms with Gasteiger partial charge in [0.1, 0.15) is 0 Å². The van der Waals surface area contributed by atoms with Crippen LogP contribution < -0.4 is 0 Å². The molecule has 0 N–H and O–H groups in total. The summed E-state index contributed by atoms with van der Waals surface area (Å²) in [6, 6.07) is 0. The Morgan fingerprint density at radius 1 is 1.31 bits per heavy atom. The molecule has 0 saturated heterocycles. The Morgan fingerprint density at radius 2 is 2.00 bits per heavy atom. The summed E-state index contributed by atoms with van der Waals surface area (Å²) < 4.78 is 20.8. The third-order valence-corrected chi connectivity index (χ3v) is 2.87. The molecule has 0 spiro atoms. The minimum Gasteiger partial charge on any atom is -0.314 e. The van der Waals surface area contributed by atoms with Gasteiger partial charge in [-0.1, -0.05) is 33.1 Å². The molecule has 0 heterocycles. The summed E-state index contributed by atoms with van der Waals surface area (Å²) in [6.45, 7) is 4.21. The van der Waals surface area contributed by atoms with Gasteiger partial charge < -0.3 is 9.05 Å². The summed E-state index contributed by atoms with van der Waals surface area (Å²) in [5.74, 6) is 0. The zero-order chi connectivity index (χ0) is 10.1. The summed E-state index contributed by atoms with van der Waals surface area (Å²) in [5, 5.41) is 0. The second-order valence-corrected chi connectivity index (χ2v) is 4.24. The van der Waals surface area contributed by atoms with Crippen LogP contribution in [-0.4, -0.2) is 13.2 Å². The van der Waals surface area contributed by atoms with Crippen molar-refractivity contribution < 1.29 is 13.6 Å². The third kappa shape index (κ3) is 7.24. The van der Waals surface area contributed by atoms with Crippen molar-refractivity contribution in [3.8, 4) is 0 Å². The van der Waals surface area contributed by atoms with Gasteiger partial charge in [-0.2, -0.15) is 0 Å². The predicted octanol–water partition coefficient (Wildman–Crippen LogP) is 3.40. The van der Waals surface area contributed by atoms with Crippen LogP contribution in [0.5, 0.6) is 0 Å². The van der Waals surface area contributed by atoms with E-state index in [2.05, 4.69) is 11.4 Å². The Kier molecular flexibility index (Phi) is 8.84. The van der Waals surface area contributed by atoms with Crippen molar-refractivity contribution in [2.45, 2.75) is 52.1 Å². The summed E-state index contributed by atoms with van der Waals surface area (Å²) in [6.07, 6.45) is 5.57. The molecule has 0 aliphatic rings. The van der Waals surface area contributed by atoms with E-state index in [0.29, 0.717) is 0 Å². The Hall–Kier alpha value is 0.150. The molecule has 4 heteroatoms. The molecule has 0 fully saturated rings. The van der Waals surface area contributed by atoms with E-state index in [1.807, 2.05) is 6.92 Å². The maximum absolute atomic E-state index is 11.0. The molecule has 0 aromatic rings. The molecule has 0 saturated carbocycles. The molecule has 0 amide bonds. The van der Waals surface area contributed by atoms with Crippen LogP contribution in [0.1, 0.15) is 46.0 Å². The highest BCUT2D eigenvalue weighted by Crippen LogP contribution is 2.27. The lowest BCUT2D eigenvalue weighted by Crippen LogP contribution is -2.07. The molecule has 13 heavy (non-hydrogen) atoms. The molecule has 0 bridgehead atoms. The lowest BCUT2D eigenvalue weighted by molar-refractivity contribution is 0.162. The van der Waals surface area contributed by atoms with Crippen LogP contribution in [0.3, 0.4) is 0 Å². The number of unbranched alkanes of at least 4 members (excludes halogenated alkanes) is 2. The first kappa shape index (κ1) is 13.2. The molecular weight excluding hydrogens is 187 g/mol. The first-order valence-electron chi connectivity index (χ1n) is 4.99. The smallest absolute Gasteiger partial charge is 0.314 e. The van der Waals surface area contributed by atoms with Gasteiger partial charge >= 0.3 is 8.25 Å². The molecule has 0 radical (unpaired) electrons. The fourth-order valence-electron chi connectivity index (χ4n) is 1.15. The van der Waals surface area contributed by atoms with Gasteiger partial charge in [0.15, 0.2) is 0 Å². The zero-order valence-electron chi connectivity index (χ0n) is 8.84. The summed E-state index contributed by atoms with van der Waals surface area (Å²) in [4.78, 5) is 0. The summed E-state index contributed by atoms with van der Waals surface area (Å²) in [7, 11) is -0.810. The monoisotopic (exact) mass is 208 g/mol. The zero-order valence-corrected chi connectivity index (χ0v) is 9.84. The Bertz CT molecular complexity index is 139. The van der Waals surface area contributed by atoms with Crippen LogP contribution >= 0.6 is 8.25 Å². The average Bonchev–Trinajstić information content (AvgIpc) is 2.16. The highest BCUT2D eigenvalue weighted by atomic mass is 31.1. The topological polar surface area (TPSA) is 35.5 Å². The minimum absolute atomic E-state index is 0.109. The average molecular weight is 208 g/mol. The number of hydrogen-bond acceptors (Lipinski definition) is 3. The van der Waals surface area contributed by atoms with Crippen molar-refractivity contribution in [1.29, 1.82) is 0 Å². The lowest BCUT2D eigenvalue weighted by atomic mass is 10.1. The molecule has 0 aromatic carbocycles. The molecule has 2 atom stereocenters. The first-order chi connectivity index (χ1) is 6.24. The SMILES string of the molecule is CCCCCC(CC)O[PH](=O)OC. The quantitative estimate of drug-likeness (QED) is 0.453. The van der Waals surface area contributed by atoms with Crippen molar-refractivity contribution in [1.82, 2.24) is 0 Å². The second kappa shape index (κ2) is 8.74. The van der Waals surface area contributed by atoms with E-state index >= 15 is 0 Å². The van der Waals surface area contributed by atoms with Gasteiger partial charge in [-0.15, -0.1) is 0 Å². The van der Waals surface area contributed by atoms with Gasteiger partial charge in [0, 0.05) is 7.11 Å². The van der Waals surface area contributed by atoms with Crippen LogP contribution in [0.4, 0.5) is 0 Å². The minimum atomic E-state index is -2.23. The van der Waals surface area contributed by atoms with Crippen LogP contribution in [0.25, 0.3) is 0 Å². The molecular formula is C9H21O3P. The highest BCUT2D eigenvalue weighted by molar-refractivity contribution is 7.33. The van der Waals surface area contributed by atoms with Crippen molar-refractivity contribution in [2.24, 2.45) is 0 Å². The molecule has 80 valence electrons. The molecule has 3 nitrogen and oxygen atoms in total. The summed E-state index contributed by atoms with van der Waals surface area (Å²) in [5.41, 5.74) is 0. The number of rotatable bonds is 8. The van der Waals surface area contributed by atoms with Crippen LogP contribution in [0.15, 0.2) is 0 Å². The van der Waals surface area contributed by atoms with E-state index in [0.717, 1.165) is 19.3 Å². The van der Waals surface area contributed by atoms with E-state index in [1.165, 1.54) is 20.0 Å². The fraction of sp³-hybridized carbons (Fsp3) is 1.00. The first-order valence-corrected chi connectivity index (χ1v) is 6.21. The van der Waals surface area contributed by atoms with Crippen LogP contribution in [0.2, 0.25) is 0 Å². The Labute approximate surface area is 81.8 Å². The molecule has 0 aromatic heterocycles. The Balaban J connectivity index is 3.56. The van der Waals surface area contributed by atoms with E-state index in [-0.39, 0.29) is 6.10 Å². The van der Waals surface area contributed by atoms with Gasteiger partial charge in [0.2, 0.25) is 0 Å². The van der Waals surface area contributed by atoms with Gasteiger partial charge in [-0.25, -0.2) is 0 Å². The van der Waals surface area contributed by atoms with Gasteiger partial charge in [0.25, 0.3) is 0 Å². The largest absolute Gasteiger partial charge is 0.319 e. The van der Waals surface area contributed by atoms with Gasteiger partial charge in [-0.05, 0) is 12.8 Å². The predicted molar refractivity (Wildman–Crippen MR) is 55.3 cm³/mol. The molecule has 2 unspecified atom stereocenters. The highest BCUT2D eigenvalue weighted by Gasteiger charge is 2.09. The van der Waals surface area contributed by atoms with Gasteiger partial charge in [-0.3, -0.25) is 4.57 Å². The van der Waals surface area contributed by atoms with Crippen LogP contribution in [0, 0.1) is 0 Å². The van der Waals surface area contributed by atoms with Crippen molar-refractivity contribution in [3.63, 3.8) is 0 Å². The fourth-order valence-corrected chi connectivity index (χ4v) is 1.81. The lowest BCUT2D eigenvalue weighted by Gasteiger charge is -2.14. The molecule has 0 aliphatic carbocycles. The molecule has 0 rings (SSSR count). The molecule has 0 aliphatic heterocycles. The standard InChI is InChI=1S/C9H21O3P/c1-4-6-7-8-9(5-2)12-13(10)11-3/h9,13H,4-8H2,1-3H3. The van der Waals surface area contributed by atoms with E-state index in [1.54, 1.807) is 0 Å². The van der Waals surface area contributed by atoms with E-state index in [9.17, 15) is 4.57 Å². The number of hydrogen-bond donors (Lipinski definition) is 0. The normalized spacial score (nSPS) is 15.6. The maximum Gasteiger partial charge on any atom is 0.319 e. The van der Waals surface area contributed by atoms with Crippen LogP contribution in [-0.2, 0) is 13.6 Å². The maximum atomic E-state index is 11.0. The second-order valence-electron chi connectivity index (χ2n) is 3.10. The summed E-state index contributed by atoms with van der Waals surface area (Å²) >= 11 is 0. The van der Waals surface area contributed by atoms with E-state index in [4.69, 9.17) is 4.52 Å². The Morgan fingerprint density at radius 3 is 2.46 bits per heavy atom. The van der Waals surface area contributed by atoms with Crippen molar-refractivity contribution in [3.05, 3.63) is 0 Å². The van der Waals surface area contributed by atoms with Crippen molar-refractivity contribution >= 4 is 8.25 Å². The third-order valence-electron chi connectivity index (χ3n) is 2.01.